The number of fused-ring (bicyclic) bond motifs is 2. The number of carbonyl (C=O) groups is 1. The van der Waals surface area contributed by atoms with Crippen molar-refractivity contribution in [2.45, 2.75) is 19.1 Å². The lowest BCUT2D eigenvalue weighted by Gasteiger charge is -2.32. The number of benzene rings is 1. The fourth-order valence-electron chi connectivity index (χ4n) is 2.04. The summed E-state index contributed by atoms with van der Waals surface area (Å²) >= 11 is 12.0. The maximum absolute atomic E-state index is 11.5. The van der Waals surface area contributed by atoms with E-state index < -0.39 is 6.50 Å². The number of nitrogens with zero attached hydrogens (tertiary/aromatic N) is 1. The Bertz CT molecular complexity index is 550. The predicted octanol–water partition coefficient (Wildman–Crippen LogP) is 2.52. The van der Waals surface area contributed by atoms with Crippen molar-refractivity contribution in [1.29, 1.82) is 0 Å². The molecule has 0 radical (unpaired) electrons. The smallest absolute Gasteiger partial charge is 0.150 e. The van der Waals surface area contributed by atoms with Crippen molar-refractivity contribution in [2.75, 3.05) is 11.9 Å². The molecule has 0 saturated carbocycles. The average Bonchev–Trinajstić information content (AvgIpc) is 2.65. The molecule has 1 fully saturated rings. The summed E-state index contributed by atoms with van der Waals surface area (Å²) < 4.78 is 16.4. The van der Waals surface area contributed by atoms with E-state index in [1.165, 1.54) is 4.90 Å². The molecule has 3 nitrogen and oxygen atoms in total. The van der Waals surface area contributed by atoms with Crippen molar-refractivity contribution < 1.29 is 7.54 Å². The standard InChI is InChI=1S/C11H10Cl2N2O/c12-8-1-2-9-7(11(8)13)5-15-4-6(16)3-10(15)14-9/h1-2,10,14H,3-5H2/i4+1,5D2,6+1,15+1. The summed E-state index contributed by atoms with van der Waals surface area (Å²) in [5, 5.41) is 3.64. The van der Waals surface area contributed by atoms with Gasteiger partial charge < -0.3 is 5.32 Å². The highest BCUT2D eigenvalue weighted by molar-refractivity contribution is 6.42. The largest absolute Gasteiger partial charge is 0.369 e. The van der Waals surface area contributed by atoms with Crippen LogP contribution in [0.1, 0.15) is 14.7 Å². The van der Waals surface area contributed by atoms with Crippen LogP contribution in [0.25, 0.3) is 0 Å². The Balaban J connectivity index is 2.18. The summed E-state index contributed by atoms with van der Waals surface area (Å²) in [6.45, 7) is -1.70. The molecule has 1 N–H and O–H groups in total. The van der Waals surface area contributed by atoms with Gasteiger partial charge in [-0.05, 0) is 12.1 Å². The maximum atomic E-state index is 11.5. The number of ketones is 1. The van der Waals surface area contributed by atoms with Crippen LogP contribution >= 0.6 is 23.2 Å². The molecule has 1 aromatic carbocycles. The zero-order valence-corrected chi connectivity index (χ0v) is 9.77. The van der Waals surface area contributed by atoms with E-state index in [0.717, 1.165) is 0 Å². The van der Waals surface area contributed by atoms with Crippen molar-refractivity contribution in [1.82, 2.24) is 4.90 Å². The highest BCUT2D eigenvalue weighted by Gasteiger charge is 2.35. The van der Waals surface area contributed by atoms with Crippen LogP contribution in [0.5, 0.6) is 0 Å². The first-order valence-corrected chi connectivity index (χ1v) is 5.70. The van der Waals surface area contributed by atoms with Crippen molar-refractivity contribution in [3.05, 3.63) is 27.7 Å². The number of Topliss-reactive ketones (excluding diaryl/α,β-unsaturated/α-hetero) is 1. The Morgan fingerprint density at radius 3 is 3.12 bits per heavy atom. The summed E-state index contributed by atoms with van der Waals surface area (Å²) in [7, 11) is 0. The van der Waals surface area contributed by atoms with Gasteiger partial charge in [0.05, 0.1) is 22.8 Å². The first kappa shape index (κ1) is 8.34. The van der Waals surface area contributed by atoms with Crippen LogP contribution in [0.2, 0.25) is 10.0 Å². The molecule has 2 heterocycles. The Morgan fingerprint density at radius 1 is 1.50 bits per heavy atom. The van der Waals surface area contributed by atoms with Crippen LogP contribution in [0.15, 0.2) is 12.1 Å². The van der Waals surface area contributed by atoms with Gasteiger partial charge in [0, 0.05) is 26.9 Å². The van der Waals surface area contributed by atoms with Gasteiger partial charge in [-0.15, -0.1) is 0 Å². The van der Waals surface area contributed by atoms with Gasteiger partial charge in [-0.2, -0.15) is 0 Å². The second-order valence-corrected chi connectivity index (χ2v) is 4.71. The van der Waals surface area contributed by atoms with Gasteiger partial charge in [-0.1, -0.05) is 23.2 Å². The van der Waals surface area contributed by atoms with Gasteiger partial charge in [0.25, 0.3) is 0 Å². The molecule has 1 atom stereocenters. The second-order valence-electron chi connectivity index (χ2n) is 3.93. The van der Waals surface area contributed by atoms with Gasteiger partial charge >= 0.3 is 0 Å². The van der Waals surface area contributed by atoms with Gasteiger partial charge in [0.1, 0.15) is 5.78 Å². The number of hydrogen-bond acceptors (Lipinski definition) is 3. The Hall–Kier alpha value is -0.770. The van der Waals surface area contributed by atoms with Crippen LogP contribution in [0.3, 0.4) is 0 Å². The van der Waals surface area contributed by atoms with E-state index in [9.17, 15) is 4.79 Å². The van der Waals surface area contributed by atoms with E-state index in [4.69, 9.17) is 25.9 Å². The van der Waals surface area contributed by atoms with E-state index in [0.29, 0.717) is 22.7 Å². The molecule has 0 aromatic heterocycles. The third-order valence-electron chi connectivity index (χ3n) is 2.82. The summed E-state index contributed by atoms with van der Waals surface area (Å²) in [4.78, 5) is 13.0. The second kappa shape index (κ2) is 3.62. The van der Waals surface area contributed by atoms with Crippen LogP contribution in [0.4, 0.5) is 5.69 Å². The lowest BCUT2D eigenvalue weighted by atomic mass is 10.1. The monoisotopic (exact) mass is 261 g/mol. The zero-order valence-electron chi connectivity index (χ0n) is 10.3. The number of hydrogen-bond donors (Lipinski definition) is 1. The Morgan fingerprint density at radius 2 is 2.31 bits per heavy atom. The van der Waals surface area contributed by atoms with E-state index in [1.807, 2.05) is 0 Å². The molecular formula is C11H10Cl2N2O. The SMILES string of the molecule is [2H]C1([2H])c2c(ccc(Cl)c2Cl)NC2C[13C](=O)[13CH2][15N]21. The van der Waals surface area contributed by atoms with Crippen molar-refractivity contribution >= 4 is 34.7 Å². The van der Waals surface area contributed by atoms with Gasteiger partial charge in [0.15, 0.2) is 0 Å². The molecule has 1 aromatic rings. The zero-order chi connectivity index (χ0) is 13.1. The van der Waals surface area contributed by atoms with Gasteiger partial charge in [0.2, 0.25) is 0 Å². The van der Waals surface area contributed by atoms with Crippen LogP contribution < -0.4 is 5.32 Å². The van der Waals surface area contributed by atoms with Crippen molar-refractivity contribution in [3.63, 3.8) is 0 Å². The number of rotatable bonds is 0. The summed E-state index contributed by atoms with van der Waals surface area (Å²) in [6, 6.07) is 3.32. The number of anilines is 1. The average molecular weight is 262 g/mol. The summed E-state index contributed by atoms with van der Waals surface area (Å²) in [6.07, 6.45) is -0.00335. The molecule has 16 heavy (non-hydrogen) atoms. The van der Waals surface area contributed by atoms with Gasteiger partial charge in [-0.25, -0.2) is 0 Å². The molecule has 0 spiro atoms. The molecule has 1 saturated heterocycles. The molecule has 84 valence electrons. The first-order valence-electron chi connectivity index (χ1n) is 5.94. The molecule has 2 aliphatic heterocycles. The third-order valence-corrected chi connectivity index (χ3v) is 3.62. The van der Waals surface area contributed by atoms with Crippen molar-refractivity contribution in [3.8, 4) is 0 Å². The van der Waals surface area contributed by atoms with E-state index in [-0.39, 0.29) is 23.5 Å². The van der Waals surface area contributed by atoms with E-state index in [1.54, 1.807) is 12.1 Å². The maximum Gasteiger partial charge on any atom is 0.150 e. The molecule has 3 rings (SSSR count). The Labute approximate surface area is 106 Å². The lowest BCUT2D eigenvalue weighted by molar-refractivity contribution is -0.116. The summed E-state index contributed by atoms with van der Waals surface area (Å²) in [5.74, 6) is 0.0198. The molecular weight excluding hydrogens is 250 g/mol. The van der Waals surface area contributed by atoms with Crippen molar-refractivity contribution in [2.24, 2.45) is 0 Å². The van der Waals surface area contributed by atoms with Crippen LogP contribution in [-0.2, 0) is 11.3 Å². The molecule has 0 aliphatic carbocycles. The first-order chi connectivity index (χ1) is 8.41. The molecule has 1 unspecified atom stereocenters. The number of nitrogens with one attached hydrogen (secondary N) is 1. The van der Waals surface area contributed by atoms with E-state index >= 15 is 0 Å². The minimum Gasteiger partial charge on any atom is -0.369 e. The van der Waals surface area contributed by atoms with Gasteiger partial charge in [-0.3, -0.25) is 9.69 Å². The van der Waals surface area contributed by atoms with Crippen LogP contribution in [0, 0.1) is 0 Å². The normalized spacial score (nSPS) is 28.9. The number of halogens is 2. The Kier molecular flexibility index (Phi) is 1.89. The topological polar surface area (TPSA) is 32.3 Å². The fraction of sp³-hybridized carbons (Fsp3) is 0.364. The van der Waals surface area contributed by atoms with E-state index in [2.05, 4.69) is 5.32 Å². The quantitative estimate of drug-likeness (QED) is 0.576. The molecule has 0 bridgehead atoms. The number of carbonyl (C=O) groups excluding carboxylic acids is 1. The highest BCUT2D eigenvalue weighted by Crippen LogP contribution is 2.37. The molecule has 5 heteroatoms. The predicted molar refractivity (Wildman–Crippen MR) is 63.9 cm³/mol. The fourth-order valence-corrected chi connectivity index (χ4v) is 2.40. The minimum absolute atomic E-state index is 0.0198. The highest BCUT2D eigenvalue weighted by atomic mass is 35.5. The van der Waals surface area contributed by atoms with Crippen LogP contribution in [-0.4, -0.2) is 23.4 Å². The molecule has 0 amide bonds. The third kappa shape index (κ3) is 1.51. The lowest BCUT2D eigenvalue weighted by Crippen LogP contribution is -2.39. The summed E-state index contributed by atoms with van der Waals surface area (Å²) in [5.41, 5.74) is 0.910. The minimum atomic E-state index is -1.79. The molecule has 2 aliphatic rings.